The smallest absolute Gasteiger partial charge is 0.220 e. The van der Waals surface area contributed by atoms with Crippen molar-refractivity contribution in [2.24, 2.45) is 0 Å². The summed E-state index contributed by atoms with van der Waals surface area (Å²) in [5.74, 6) is 0.296. The molecule has 1 aliphatic carbocycles. The molecule has 1 saturated heterocycles. The van der Waals surface area contributed by atoms with Crippen molar-refractivity contribution in [1.29, 1.82) is 0 Å². The zero-order valence-corrected chi connectivity index (χ0v) is 7.06. The Bertz CT molecular complexity index is 237. The molecule has 0 aromatic heterocycles. The summed E-state index contributed by atoms with van der Waals surface area (Å²) in [6.07, 6.45) is 4.84. The highest BCUT2D eigenvalue weighted by Crippen LogP contribution is 2.32. The second kappa shape index (κ2) is 2.57. The maximum absolute atomic E-state index is 11.5. The van der Waals surface area contributed by atoms with Gasteiger partial charge in [0.05, 0.1) is 5.54 Å². The topological polar surface area (TPSA) is 46.2 Å². The van der Waals surface area contributed by atoms with Crippen LogP contribution in [0.3, 0.4) is 0 Å². The second-order valence-corrected chi connectivity index (χ2v) is 3.76. The first kappa shape index (κ1) is 7.77. The Morgan fingerprint density at radius 3 is 2.50 bits per heavy atom. The number of hydrogen-bond donors (Lipinski definition) is 1. The number of carbonyl (C=O) groups excluding carboxylic acids is 2. The van der Waals surface area contributed by atoms with E-state index in [-0.39, 0.29) is 11.7 Å². The van der Waals surface area contributed by atoms with Crippen molar-refractivity contribution in [3.8, 4) is 0 Å². The molecule has 0 aromatic rings. The maximum Gasteiger partial charge on any atom is 0.220 e. The largest absolute Gasteiger partial charge is 0.344 e. The highest BCUT2D eigenvalue weighted by atomic mass is 16.2. The molecule has 1 N–H and O–H groups in total. The maximum atomic E-state index is 11.5. The summed E-state index contributed by atoms with van der Waals surface area (Å²) in [5.41, 5.74) is -0.435. The highest BCUT2D eigenvalue weighted by Gasteiger charge is 2.44. The third-order valence-electron chi connectivity index (χ3n) is 2.95. The molecule has 3 nitrogen and oxygen atoms in total. The molecule has 1 saturated carbocycles. The first-order valence-corrected chi connectivity index (χ1v) is 4.57. The van der Waals surface area contributed by atoms with Crippen LogP contribution in [-0.2, 0) is 9.59 Å². The Kier molecular flexibility index (Phi) is 1.67. The summed E-state index contributed by atoms with van der Waals surface area (Å²) in [5, 5.41) is 2.83. The van der Waals surface area contributed by atoms with Gasteiger partial charge in [-0.25, -0.2) is 0 Å². The number of nitrogens with one attached hydrogen (secondary N) is 1. The van der Waals surface area contributed by atoms with Crippen LogP contribution in [0.4, 0.5) is 0 Å². The van der Waals surface area contributed by atoms with Crippen molar-refractivity contribution in [2.45, 2.75) is 44.1 Å². The first-order chi connectivity index (χ1) is 5.73. The van der Waals surface area contributed by atoms with Gasteiger partial charge in [0.15, 0.2) is 5.78 Å². The van der Waals surface area contributed by atoms with E-state index in [1.54, 1.807) is 0 Å². The van der Waals surface area contributed by atoms with Crippen LogP contribution in [0.15, 0.2) is 0 Å². The van der Waals surface area contributed by atoms with E-state index in [1.165, 1.54) is 0 Å². The minimum Gasteiger partial charge on any atom is -0.344 e. The van der Waals surface area contributed by atoms with Gasteiger partial charge in [-0.15, -0.1) is 0 Å². The zero-order chi connectivity index (χ0) is 8.60. The molecule has 66 valence electrons. The normalized spacial score (nSPS) is 35.7. The van der Waals surface area contributed by atoms with Gasteiger partial charge in [0.1, 0.15) is 0 Å². The van der Waals surface area contributed by atoms with Crippen LogP contribution in [0.1, 0.15) is 38.5 Å². The lowest BCUT2D eigenvalue weighted by Crippen LogP contribution is -2.50. The summed E-state index contributed by atoms with van der Waals surface area (Å²) < 4.78 is 0. The molecule has 0 unspecified atom stereocenters. The van der Waals surface area contributed by atoms with Crippen molar-refractivity contribution in [3.63, 3.8) is 0 Å². The number of hydrogen-bond acceptors (Lipinski definition) is 2. The van der Waals surface area contributed by atoms with E-state index in [4.69, 9.17) is 0 Å². The van der Waals surface area contributed by atoms with Crippen molar-refractivity contribution in [3.05, 3.63) is 0 Å². The van der Waals surface area contributed by atoms with Gasteiger partial charge in [0.2, 0.25) is 5.91 Å². The highest BCUT2D eigenvalue weighted by molar-refractivity contribution is 5.96. The fourth-order valence-corrected chi connectivity index (χ4v) is 2.21. The molecule has 3 heteroatoms. The lowest BCUT2D eigenvalue weighted by atomic mass is 9.80. The fourth-order valence-electron chi connectivity index (χ4n) is 2.21. The van der Waals surface area contributed by atoms with E-state index in [0.29, 0.717) is 12.8 Å². The third-order valence-corrected chi connectivity index (χ3v) is 2.95. The lowest BCUT2D eigenvalue weighted by Gasteiger charge is -2.31. The van der Waals surface area contributed by atoms with Gasteiger partial charge in [-0.2, -0.15) is 0 Å². The van der Waals surface area contributed by atoms with E-state index in [9.17, 15) is 9.59 Å². The molecule has 0 radical (unpaired) electrons. The van der Waals surface area contributed by atoms with Gasteiger partial charge in [-0.1, -0.05) is 6.42 Å². The van der Waals surface area contributed by atoms with Crippen LogP contribution < -0.4 is 5.32 Å². The summed E-state index contributed by atoms with van der Waals surface area (Å²) in [4.78, 5) is 22.5. The number of ketones is 1. The molecule has 0 bridgehead atoms. The van der Waals surface area contributed by atoms with Crippen LogP contribution in [0, 0.1) is 0 Å². The quantitative estimate of drug-likeness (QED) is 0.579. The second-order valence-electron chi connectivity index (χ2n) is 3.76. The van der Waals surface area contributed by atoms with E-state index < -0.39 is 5.54 Å². The minimum atomic E-state index is -0.435. The molecular formula is C9H13NO2. The summed E-state index contributed by atoms with van der Waals surface area (Å²) in [6.45, 7) is 0. The Morgan fingerprint density at radius 1 is 1.08 bits per heavy atom. The Labute approximate surface area is 71.5 Å². The molecule has 2 aliphatic rings. The Hall–Kier alpha value is -0.860. The Balaban J connectivity index is 2.18. The van der Waals surface area contributed by atoms with Crippen LogP contribution >= 0.6 is 0 Å². The molecular weight excluding hydrogens is 154 g/mol. The molecule has 1 atom stereocenters. The minimum absolute atomic E-state index is 0.0465. The molecule has 1 aliphatic heterocycles. The van der Waals surface area contributed by atoms with Crippen LogP contribution in [-0.4, -0.2) is 17.2 Å². The van der Waals surface area contributed by atoms with E-state index in [0.717, 1.165) is 25.7 Å². The van der Waals surface area contributed by atoms with Gasteiger partial charge < -0.3 is 5.32 Å². The molecule has 1 spiro atoms. The fraction of sp³-hybridized carbons (Fsp3) is 0.778. The van der Waals surface area contributed by atoms with Crippen LogP contribution in [0.5, 0.6) is 0 Å². The van der Waals surface area contributed by atoms with E-state index in [1.807, 2.05) is 0 Å². The van der Waals surface area contributed by atoms with Crippen molar-refractivity contribution >= 4 is 11.7 Å². The molecule has 1 amide bonds. The zero-order valence-electron chi connectivity index (χ0n) is 7.06. The monoisotopic (exact) mass is 167 g/mol. The summed E-state index contributed by atoms with van der Waals surface area (Å²) in [7, 11) is 0. The van der Waals surface area contributed by atoms with E-state index in [2.05, 4.69) is 5.32 Å². The van der Waals surface area contributed by atoms with E-state index >= 15 is 0 Å². The summed E-state index contributed by atoms with van der Waals surface area (Å²) in [6, 6.07) is 0. The van der Waals surface area contributed by atoms with Crippen LogP contribution in [0.2, 0.25) is 0 Å². The van der Waals surface area contributed by atoms with Crippen molar-refractivity contribution in [1.82, 2.24) is 5.32 Å². The van der Waals surface area contributed by atoms with Crippen molar-refractivity contribution < 1.29 is 9.59 Å². The average molecular weight is 167 g/mol. The third kappa shape index (κ3) is 1.04. The van der Waals surface area contributed by atoms with Crippen LogP contribution in [0.25, 0.3) is 0 Å². The number of rotatable bonds is 0. The SMILES string of the molecule is O=C1CC[C@@]2(CCCCC2=O)N1. The van der Waals surface area contributed by atoms with Crippen molar-refractivity contribution in [2.75, 3.05) is 0 Å². The predicted molar refractivity (Wildman–Crippen MR) is 43.6 cm³/mol. The molecule has 1 heterocycles. The molecule has 2 fully saturated rings. The number of carbonyl (C=O) groups is 2. The molecule has 2 rings (SSSR count). The van der Waals surface area contributed by atoms with Gasteiger partial charge in [-0.3, -0.25) is 9.59 Å². The number of amides is 1. The first-order valence-electron chi connectivity index (χ1n) is 4.57. The average Bonchev–Trinajstić information content (AvgIpc) is 2.41. The van der Waals surface area contributed by atoms with Gasteiger partial charge >= 0.3 is 0 Å². The van der Waals surface area contributed by atoms with Gasteiger partial charge in [0, 0.05) is 12.8 Å². The predicted octanol–water partition coefficient (Wildman–Crippen LogP) is 0.778. The standard InChI is InChI=1S/C9H13NO2/c11-7-3-1-2-5-9(7)6-4-8(12)10-9/h1-6H2,(H,10,12)/t9-/m1/s1. The Morgan fingerprint density at radius 2 is 1.92 bits per heavy atom. The summed E-state index contributed by atoms with van der Waals surface area (Å²) >= 11 is 0. The number of Topliss-reactive ketones (excluding diaryl/α,β-unsaturated/α-hetero) is 1. The van der Waals surface area contributed by atoms with Gasteiger partial charge in [0.25, 0.3) is 0 Å². The van der Waals surface area contributed by atoms with Gasteiger partial charge in [-0.05, 0) is 19.3 Å². The lowest BCUT2D eigenvalue weighted by molar-refractivity contribution is -0.129. The molecule has 0 aromatic carbocycles. The molecule has 12 heavy (non-hydrogen) atoms.